The molecule has 16 heavy (non-hydrogen) atoms. The Kier molecular flexibility index (Phi) is 3.35. The molecule has 0 aliphatic carbocycles. The SMILES string of the molecule is N#Cc1cccnc1N1CCCC(CF)C1. The van der Waals surface area contributed by atoms with Gasteiger partial charge in [0, 0.05) is 25.2 Å². The first-order valence-corrected chi connectivity index (χ1v) is 5.51. The Hall–Kier alpha value is -1.63. The van der Waals surface area contributed by atoms with Gasteiger partial charge in [-0.15, -0.1) is 0 Å². The zero-order valence-corrected chi connectivity index (χ0v) is 9.06. The van der Waals surface area contributed by atoms with E-state index in [2.05, 4.69) is 11.1 Å². The fourth-order valence-corrected chi connectivity index (χ4v) is 2.12. The van der Waals surface area contributed by atoms with E-state index in [1.54, 1.807) is 18.3 Å². The number of nitriles is 1. The number of aromatic nitrogens is 1. The molecule has 2 rings (SSSR count). The second-order valence-corrected chi connectivity index (χ2v) is 4.09. The molecule has 0 N–H and O–H groups in total. The molecule has 2 heterocycles. The van der Waals surface area contributed by atoms with Crippen molar-refractivity contribution in [1.82, 2.24) is 4.98 Å². The average molecular weight is 219 g/mol. The van der Waals surface area contributed by atoms with E-state index in [9.17, 15) is 4.39 Å². The van der Waals surface area contributed by atoms with Gasteiger partial charge in [0.05, 0.1) is 12.2 Å². The summed E-state index contributed by atoms with van der Waals surface area (Å²) in [5.41, 5.74) is 0.571. The number of piperidine rings is 1. The van der Waals surface area contributed by atoms with Gasteiger partial charge in [0.25, 0.3) is 0 Å². The number of anilines is 1. The number of hydrogen-bond acceptors (Lipinski definition) is 3. The molecule has 0 saturated carbocycles. The fraction of sp³-hybridized carbons (Fsp3) is 0.500. The summed E-state index contributed by atoms with van der Waals surface area (Å²) >= 11 is 0. The molecule has 4 heteroatoms. The van der Waals surface area contributed by atoms with Crippen LogP contribution in [0.4, 0.5) is 10.2 Å². The summed E-state index contributed by atoms with van der Waals surface area (Å²) in [4.78, 5) is 6.24. The molecule has 1 unspecified atom stereocenters. The molecule has 1 aliphatic rings. The number of halogens is 1. The molecule has 1 aromatic rings. The molecule has 0 spiro atoms. The van der Waals surface area contributed by atoms with Gasteiger partial charge in [-0.3, -0.25) is 4.39 Å². The molecule has 1 aromatic heterocycles. The maximum Gasteiger partial charge on any atom is 0.146 e. The minimum absolute atomic E-state index is 0.0855. The standard InChI is InChI=1S/C12H14FN3/c13-7-10-3-2-6-16(9-10)12-11(8-14)4-1-5-15-12/h1,4-5,10H,2-3,6-7,9H2. The van der Waals surface area contributed by atoms with Crippen LogP contribution in [0.5, 0.6) is 0 Å². The Bertz CT molecular complexity index is 399. The lowest BCUT2D eigenvalue weighted by Crippen LogP contribution is -2.37. The third kappa shape index (κ3) is 2.13. The van der Waals surface area contributed by atoms with E-state index < -0.39 is 0 Å². The molecule has 1 atom stereocenters. The van der Waals surface area contributed by atoms with Crippen LogP contribution < -0.4 is 4.90 Å². The minimum Gasteiger partial charge on any atom is -0.355 e. The lowest BCUT2D eigenvalue weighted by atomic mass is 9.99. The van der Waals surface area contributed by atoms with Crippen molar-refractivity contribution in [3.8, 4) is 6.07 Å². The lowest BCUT2D eigenvalue weighted by molar-refractivity contribution is 0.315. The van der Waals surface area contributed by atoms with Gasteiger partial charge in [0.2, 0.25) is 0 Å². The Morgan fingerprint density at radius 1 is 1.62 bits per heavy atom. The molecule has 1 fully saturated rings. The molecular weight excluding hydrogens is 205 g/mol. The second kappa shape index (κ2) is 4.93. The molecule has 0 amide bonds. The van der Waals surface area contributed by atoms with Gasteiger partial charge in [-0.25, -0.2) is 4.98 Å². The first kappa shape index (κ1) is 10.9. The Balaban J connectivity index is 2.20. The molecule has 0 radical (unpaired) electrons. The number of hydrogen-bond donors (Lipinski definition) is 0. The van der Waals surface area contributed by atoms with Crippen LogP contribution in [-0.4, -0.2) is 24.7 Å². The minimum atomic E-state index is -0.286. The molecule has 1 saturated heterocycles. The van der Waals surface area contributed by atoms with E-state index in [4.69, 9.17) is 5.26 Å². The highest BCUT2D eigenvalue weighted by Crippen LogP contribution is 2.24. The zero-order chi connectivity index (χ0) is 11.4. The summed E-state index contributed by atoms with van der Waals surface area (Å²) in [5.74, 6) is 0.783. The summed E-state index contributed by atoms with van der Waals surface area (Å²) in [6.45, 7) is 1.25. The predicted molar refractivity (Wildman–Crippen MR) is 59.9 cm³/mol. The highest BCUT2D eigenvalue weighted by atomic mass is 19.1. The van der Waals surface area contributed by atoms with Crippen molar-refractivity contribution < 1.29 is 4.39 Å². The summed E-state index contributed by atoms with van der Waals surface area (Å²) < 4.78 is 12.6. The van der Waals surface area contributed by atoms with Crippen molar-refractivity contribution in [3.05, 3.63) is 23.9 Å². The van der Waals surface area contributed by atoms with Crippen molar-refractivity contribution in [2.45, 2.75) is 12.8 Å². The number of alkyl halides is 1. The molecule has 84 valence electrons. The number of rotatable bonds is 2. The van der Waals surface area contributed by atoms with E-state index in [1.165, 1.54) is 0 Å². The first-order chi connectivity index (χ1) is 7.85. The van der Waals surface area contributed by atoms with Gasteiger partial charge < -0.3 is 4.90 Å². The van der Waals surface area contributed by atoms with Crippen LogP contribution >= 0.6 is 0 Å². The van der Waals surface area contributed by atoms with E-state index in [0.717, 1.165) is 19.4 Å². The largest absolute Gasteiger partial charge is 0.355 e. The summed E-state index contributed by atoms with van der Waals surface area (Å²) in [5, 5.41) is 8.98. The monoisotopic (exact) mass is 219 g/mol. The van der Waals surface area contributed by atoms with Crippen molar-refractivity contribution in [1.29, 1.82) is 5.26 Å². The van der Waals surface area contributed by atoms with Crippen LogP contribution in [0.2, 0.25) is 0 Å². The van der Waals surface area contributed by atoms with Gasteiger partial charge >= 0.3 is 0 Å². The lowest BCUT2D eigenvalue weighted by Gasteiger charge is -2.32. The van der Waals surface area contributed by atoms with Crippen LogP contribution in [-0.2, 0) is 0 Å². The van der Waals surface area contributed by atoms with E-state index >= 15 is 0 Å². The summed E-state index contributed by atoms with van der Waals surface area (Å²) in [6.07, 6.45) is 3.58. The quantitative estimate of drug-likeness (QED) is 0.765. The fourth-order valence-electron chi connectivity index (χ4n) is 2.12. The molecule has 0 aromatic carbocycles. The van der Waals surface area contributed by atoms with Gasteiger partial charge in [0.1, 0.15) is 11.9 Å². The normalized spacial score (nSPS) is 20.5. The van der Waals surface area contributed by atoms with Gasteiger partial charge in [0.15, 0.2) is 0 Å². The van der Waals surface area contributed by atoms with E-state index in [0.29, 0.717) is 17.9 Å². The summed E-state index contributed by atoms with van der Waals surface area (Å²) in [6, 6.07) is 5.63. The Morgan fingerprint density at radius 2 is 2.50 bits per heavy atom. The maximum absolute atomic E-state index is 12.6. The van der Waals surface area contributed by atoms with E-state index in [-0.39, 0.29) is 12.6 Å². The van der Waals surface area contributed by atoms with Crippen LogP contribution in [0.1, 0.15) is 18.4 Å². The number of pyridine rings is 1. The van der Waals surface area contributed by atoms with Crippen molar-refractivity contribution >= 4 is 5.82 Å². The van der Waals surface area contributed by atoms with Crippen molar-refractivity contribution in [3.63, 3.8) is 0 Å². The first-order valence-electron chi connectivity index (χ1n) is 5.51. The van der Waals surface area contributed by atoms with Crippen molar-refractivity contribution in [2.75, 3.05) is 24.7 Å². The van der Waals surface area contributed by atoms with Crippen molar-refractivity contribution in [2.24, 2.45) is 5.92 Å². The van der Waals surface area contributed by atoms with Gasteiger partial charge in [-0.2, -0.15) is 5.26 Å². The highest BCUT2D eigenvalue weighted by Gasteiger charge is 2.22. The molecule has 0 bridgehead atoms. The molecule has 3 nitrogen and oxygen atoms in total. The third-order valence-electron chi connectivity index (χ3n) is 2.94. The van der Waals surface area contributed by atoms with Gasteiger partial charge in [-0.05, 0) is 25.0 Å². The van der Waals surface area contributed by atoms with Gasteiger partial charge in [-0.1, -0.05) is 0 Å². The van der Waals surface area contributed by atoms with Crippen LogP contribution in [0.15, 0.2) is 18.3 Å². The highest BCUT2D eigenvalue weighted by molar-refractivity contribution is 5.53. The van der Waals surface area contributed by atoms with Crippen LogP contribution in [0.25, 0.3) is 0 Å². The number of nitrogens with zero attached hydrogens (tertiary/aromatic N) is 3. The second-order valence-electron chi connectivity index (χ2n) is 4.09. The summed E-state index contributed by atoms with van der Waals surface area (Å²) in [7, 11) is 0. The van der Waals surface area contributed by atoms with E-state index in [1.807, 2.05) is 4.90 Å². The Morgan fingerprint density at radius 3 is 3.25 bits per heavy atom. The molecule has 1 aliphatic heterocycles. The maximum atomic E-state index is 12.6. The van der Waals surface area contributed by atoms with Crippen LogP contribution in [0.3, 0.4) is 0 Å². The molecular formula is C12H14FN3. The average Bonchev–Trinajstić information content (AvgIpc) is 2.38. The predicted octanol–water partition coefficient (Wildman–Crippen LogP) is 2.14. The smallest absolute Gasteiger partial charge is 0.146 e. The zero-order valence-electron chi connectivity index (χ0n) is 9.06. The van der Waals surface area contributed by atoms with Crippen LogP contribution in [0, 0.1) is 17.2 Å². The third-order valence-corrected chi connectivity index (χ3v) is 2.94. The topological polar surface area (TPSA) is 39.9 Å². The Labute approximate surface area is 94.5 Å².